The second-order valence-electron chi connectivity index (χ2n) is 7.97. The second kappa shape index (κ2) is 18.1. The number of fused-ring (bicyclic) bond motifs is 1. The van der Waals surface area contributed by atoms with E-state index in [-0.39, 0.29) is 153 Å². The van der Waals surface area contributed by atoms with Crippen molar-refractivity contribution < 1.29 is 179 Å². The number of ether oxygens (including phenoxy) is 2. The first-order valence-corrected chi connectivity index (χ1v) is 15.1. The Morgan fingerprint density at radius 2 is 1.68 bits per heavy atom. The molecule has 1 aromatic carbocycles. The molecule has 218 valence electrons. The van der Waals surface area contributed by atoms with Crippen LogP contribution in [0.5, 0.6) is 0 Å². The van der Waals surface area contributed by atoms with Gasteiger partial charge in [0, 0.05) is 12.1 Å². The van der Waals surface area contributed by atoms with Gasteiger partial charge in [-0.2, -0.15) is 4.98 Å². The molecule has 1 aliphatic heterocycles. The number of nitrogens with zero attached hydrogens (tertiary/aromatic N) is 3. The summed E-state index contributed by atoms with van der Waals surface area (Å²) in [7, 11) is -18.3. The third-order valence-electron chi connectivity index (χ3n) is 5.18. The number of aromatic amines is 1. The molecular formula is C17H17N6Na4O14P3. The molecule has 3 aromatic rings. The standard InChI is InChI=1S/C17H21N6O14P3.4Na/c18-9-4-2-1-3-8(9)16(25)35-10-5-12(23-7-20-13-14(23)21-17(19)22-15(13)24)34-11(10)6-33-39(29,30)37-40(31,32)36-38(26,27)28;;;;/h1-4,7,10-12H,5-6,18H2,(H,29,30)(H,31,32)(H2,26,27,28)(H3,19,21,22,24);;;;/q;4*+1/p-4/t10-,11+,12+;;;;/m0..../s1. The summed E-state index contributed by atoms with van der Waals surface area (Å²) in [4.78, 5) is 79.5. The molecule has 0 radical (unpaired) electrons. The summed E-state index contributed by atoms with van der Waals surface area (Å²) in [5.74, 6) is -1.19. The van der Waals surface area contributed by atoms with Crippen LogP contribution >= 0.6 is 23.5 Å². The van der Waals surface area contributed by atoms with Crippen LogP contribution in [-0.2, 0) is 36.3 Å². The van der Waals surface area contributed by atoms with E-state index in [0.29, 0.717) is 0 Å². The Bertz CT molecular complexity index is 1660. The summed E-state index contributed by atoms with van der Waals surface area (Å²) in [6, 6.07) is 5.84. The van der Waals surface area contributed by atoms with Crippen LogP contribution in [0.15, 0.2) is 35.4 Å². The molecule has 2 aromatic heterocycles. The molecular weight excluding hydrogens is 697 g/mol. The predicted molar refractivity (Wildman–Crippen MR) is 122 cm³/mol. The molecule has 0 aliphatic carbocycles. The van der Waals surface area contributed by atoms with Gasteiger partial charge in [0.2, 0.25) is 5.95 Å². The minimum atomic E-state index is -6.21. The van der Waals surface area contributed by atoms with Gasteiger partial charge in [-0.25, -0.2) is 14.1 Å². The molecule has 20 nitrogen and oxygen atoms in total. The van der Waals surface area contributed by atoms with Crippen molar-refractivity contribution in [3.63, 3.8) is 0 Å². The molecule has 1 fully saturated rings. The predicted octanol–water partition coefficient (Wildman–Crippen LogP) is -14.4. The number of esters is 1. The number of nitrogen functional groups attached to an aromatic ring is 2. The Kier molecular flexibility index (Phi) is 18.5. The van der Waals surface area contributed by atoms with Crippen molar-refractivity contribution >= 4 is 52.2 Å². The summed E-state index contributed by atoms with van der Waals surface area (Å²) in [5.41, 5.74) is 10.6. The first-order valence-electron chi connectivity index (χ1n) is 10.7. The first kappa shape index (κ1) is 45.0. The number of hydrogen-bond acceptors (Lipinski definition) is 18. The normalized spacial score (nSPS) is 20.5. The van der Waals surface area contributed by atoms with Gasteiger partial charge in [-0.05, 0) is 12.1 Å². The third kappa shape index (κ3) is 12.2. The van der Waals surface area contributed by atoms with Gasteiger partial charge in [0.15, 0.2) is 11.2 Å². The van der Waals surface area contributed by atoms with Crippen LogP contribution < -0.4 is 155 Å². The Balaban J connectivity index is 0.00000462. The molecule has 2 unspecified atom stereocenters. The molecule has 3 heterocycles. The number of nitrogens with one attached hydrogen (secondary N) is 1. The minimum Gasteiger partial charge on any atom is -0.790 e. The molecule has 0 saturated carbocycles. The number of aromatic nitrogens is 4. The van der Waals surface area contributed by atoms with E-state index < -0.39 is 60.0 Å². The number of nitrogens with two attached hydrogens (primary N) is 2. The van der Waals surface area contributed by atoms with Crippen molar-refractivity contribution in [3.8, 4) is 0 Å². The van der Waals surface area contributed by atoms with E-state index in [4.69, 9.17) is 20.9 Å². The number of carbonyl (C=O) groups is 1. The molecule has 5 N–H and O–H groups in total. The zero-order valence-corrected chi connectivity index (χ0v) is 34.3. The van der Waals surface area contributed by atoms with Crippen LogP contribution in [-0.4, -0.2) is 44.3 Å². The largest absolute Gasteiger partial charge is 1.00 e. The number of phosphoric acid groups is 3. The van der Waals surface area contributed by atoms with E-state index in [1.807, 2.05) is 0 Å². The maximum atomic E-state index is 12.8. The van der Waals surface area contributed by atoms with E-state index in [9.17, 15) is 42.9 Å². The SMILES string of the molecule is Nc1nc2c(ncn2[C@H]2C[C@H](OC(=O)c3ccccc3N)[C@@H](COP(=O)([O-])OP(=O)([O-])OP(=O)([O-])[O-])O2)c(=O)[nH]1.[Na+].[Na+].[Na+].[Na+]. The molecule has 1 aliphatic rings. The van der Waals surface area contributed by atoms with Crippen LogP contribution in [0.1, 0.15) is 23.0 Å². The van der Waals surface area contributed by atoms with E-state index >= 15 is 0 Å². The number of hydrogen-bond donors (Lipinski definition) is 3. The summed E-state index contributed by atoms with van der Waals surface area (Å²) >= 11 is 0. The van der Waals surface area contributed by atoms with Crippen LogP contribution in [0.25, 0.3) is 11.2 Å². The quantitative estimate of drug-likeness (QED) is 0.0759. The van der Waals surface area contributed by atoms with Gasteiger partial charge in [-0.3, -0.25) is 27.8 Å². The number of carbonyl (C=O) groups excluding carboxylic acids is 1. The number of benzene rings is 1. The van der Waals surface area contributed by atoms with Crippen LogP contribution in [0.2, 0.25) is 0 Å². The summed E-state index contributed by atoms with van der Waals surface area (Å²) < 4.78 is 57.5. The number of rotatable bonds is 10. The molecule has 0 spiro atoms. The zero-order chi connectivity index (χ0) is 29.5. The fourth-order valence-electron chi connectivity index (χ4n) is 3.63. The van der Waals surface area contributed by atoms with Gasteiger partial charge in [0.1, 0.15) is 18.4 Å². The van der Waals surface area contributed by atoms with Crippen molar-refractivity contribution in [1.29, 1.82) is 0 Å². The van der Waals surface area contributed by atoms with E-state index in [2.05, 4.69) is 28.1 Å². The van der Waals surface area contributed by atoms with Crippen molar-refractivity contribution in [2.24, 2.45) is 0 Å². The molecule has 4 rings (SSSR count). The topological polar surface area (TPSA) is 322 Å². The van der Waals surface area contributed by atoms with Crippen LogP contribution in [0.4, 0.5) is 11.6 Å². The summed E-state index contributed by atoms with van der Waals surface area (Å²) in [5, 5.41) is 0. The van der Waals surface area contributed by atoms with Crippen LogP contribution in [0, 0.1) is 0 Å². The van der Waals surface area contributed by atoms with Gasteiger partial charge in [-0.1, -0.05) is 12.1 Å². The van der Waals surface area contributed by atoms with Gasteiger partial charge in [0.25, 0.3) is 21.2 Å². The molecule has 5 atom stereocenters. The molecule has 1 saturated heterocycles. The number of H-pyrrole nitrogens is 1. The van der Waals surface area contributed by atoms with Gasteiger partial charge in [-0.15, -0.1) is 0 Å². The number of para-hydroxylation sites is 1. The summed E-state index contributed by atoms with van der Waals surface area (Å²) in [6.07, 6.45) is -2.88. The maximum Gasteiger partial charge on any atom is 1.00 e. The van der Waals surface area contributed by atoms with E-state index in [1.54, 1.807) is 6.07 Å². The van der Waals surface area contributed by atoms with Gasteiger partial charge >= 0.3 is 124 Å². The Morgan fingerprint density at radius 1 is 1.05 bits per heavy atom. The number of imidazole rings is 1. The van der Waals surface area contributed by atoms with E-state index in [0.717, 1.165) is 6.33 Å². The Hall–Kier alpha value is 1.01. The maximum absolute atomic E-state index is 12.8. The van der Waals surface area contributed by atoms with Gasteiger partial charge in [0.05, 0.1) is 26.3 Å². The monoisotopic (exact) mass is 714 g/mol. The second-order valence-corrected chi connectivity index (χ2v) is 12.2. The first-order chi connectivity index (χ1) is 18.5. The fraction of sp³-hybridized carbons (Fsp3) is 0.294. The van der Waals surface area contributed by atoms with Crippen molar-refractivity contribution in [3.05, 3.63) is 46.5 Å². The average molecular weight is 714 g/mol. The Morgan fingerprint density at radius 3 is 2.30 bits per heavy atom. The zero-order valence-electron chi connectivity index (χ0n) is 23.6. The number of phosphoric ester groups is 1. The Labute approximate surface area is 335 Å². The third-order valence-corrected chi connectivity index (χ3v) is 8.84. The van der Waals surface area contributed by atoms with Crippen molar-refractivity contribution in [1.82, 2.24) is 19.5 Å². The van der Waals surface area contributed by atoms with Crippen LogP contribution in [0.3, 0.4) is 0 Å². The fourth-order valence-corrected chi connectivity index (χ4v) is 6.50. The van der Waals surface area contributed by atoms with E-state index in [1.165, 1.54) is 22.8 Å². The number of anilines is 2. The smallest absolute Gasteiger partial charge is 0.790 e. The molecule has 0 bridgehead atoms. The van der Waals surface area contributed by atoms with Crippen molar-refractivity contribution in [2.45, 2.75) is 24.9 Å². The van der Waals surface area contributed by atoms with Gasteiger partial charge < -0.3 is 49.6 Å². The summed E-state index contributed by atoms with van der Waals surface area (Å²) in [6.45, 7) is -1.05. The molecule has 27 heteroatoms. The van der Waals surface area contributed by atoms with Crippen molar-refractivity contribution in [2.75, 3.05) is 18.1 Å². The minimum absolute atomic E-state index is 0. The molecule has 44 heavy (non-hydrogen) atoms. The molecule has 0 amide bonds. The average Bonchev–Trinajstić information content (AvgIpc) is 3.39.